The minimum Gasteiger partial charge on any atom is -0.208 e. The zero-order valence-corrected chi connectivity index (χ0v) is 16.3. The highest BCUT2D eigenvalue weighted by Gasteiger charge is 2.32. The number of piperidine rings is 1. The van der Waals surface area contributed by atoms with E-state index < -0.39 is 20.0 Å². The average Bonchev–Trinajstić information content (AvgIpc) is 3.03. The minimum absolute atomic E-state index is 0.207. The summed E-state index contributed by atoms with van der Waals surface area (Å²) >= 11 is 6.84. The van der Waals surface area contributed by atoms with E-state index in [-0.39, 0.29) is 28.2 Å². The summed E-state index contributed by atoms with van der Waals surface area (Å²) < 4.78 is 54.5. The van der Waals surface area contributed by atoms with E-state index >= 15 is 0 Å². The number of rotatable bonds is 5. The molecular weight excluding hydrogens is 404 g/mol. The topological polar surface area (TPSA) is 83.6 Å². The lowest BCUT2D eigenvalue weighted by Crippen LogP contribution is -2.46. The van der Waals surface area contributed by atoms with E-state index in [2.05, 4.69) is 4.72 Å². The number of thiophene rings is 1. The monoisotopic (exact) mass is 420 g/mol. The van der Waals surface area contributed by atoms with E-state index in [9.17, 15) is 16.8 Å². The van der Waals surface area contributed by atoms with Crippen LogP contribution >= 0.6 is 22.9 Å². The fourth-order valence-electron chi connectivity index (χ4n) is 2.66. The van der Waals surface area contributed by atoms with Gasteiger partial charge in [0.1, 0.15) is 4.21 Å². The second-order valence-corrected chi connectivity index (χ2v) is 11.3. The Hall–Kier alpha value is -0.970. The molecule has 2 aromatic rings. The number of hydrogen-bond donors (Lipinski definition) is 1. The smallest absolute Gasteiger partial charge is 0.208 e. The average molecular weight is 421 g/mol. The van der Waals surface area contributed by atoms with Crippen molar-refractivity contribution in [2.24, 2.45) is 0 Å². The van der Waals surface area contributed by atoms with Crippen molar-refractivity contribution in [1.82, 2.24) is 9.03 Å². The van der Waals surface area contributed by atoms with Gasteiger partial charge in [0.15, 0.2) is 0 Å². The first kappa shape index (κ1) is 18.8. The zero-order valence-electron chi connectivity index (χ0n) is 13.1. The van der Waals surface area contributed by atoms with Gasteiger partial charge in [0.2, 0.25) is 10.0 Å². The third kappa shape index (κ3) is 4.24. The summed E-state index contributed by atoms with van der Waals surface area (Å²) in [6.45, 7) is 0.527. The van der Waals surface area contributed by atoms with Gasteiger partial charge in [-0.1, -0.05) is 29.8 Å². The molecule has 3 rings (SSSR count). The number of benzene rings is 1. The molecule has 25 heavy (non-hydrogen) atoms. The molecule has 0 bridgehead atoms. The van der Waals surface area contributed by atoms with Crippen LogP contribution in [0.4, 0.5) is 0 Å². The second-order valence-electron chi connectivity index (χ2n) is 5.67. The van der Waals surface area contributed by atoms with Gasteiger partial charge in [-0.25, -0.2) is 21.6 Å². The van der Waals surface area contributed by atoms with Crippen molar-refractivity contribution in [1.29, 1.82) is 0 Å². The van der Waals surface area contributed by atoms with Gasteiger partial charge < -0.3 is 0 Å². The molecule has 0 amide bonds. The molecule has 1 saturated heterocycles. The summed E-state index contributed by atoms with van der Waals surface area (Å²) in [4.78, 5) is 0.207. The van der Waals surface area contributed by atoms with Gasteiger partial charge in [0.05, 0.1) is 9.23 Å². The third-order valence-electron chi connectivity index (χ3n) is 3.97. The quantitative estimate of drug-likeness (QED) is 0.805. The predicted octanol–water partition coefficient (Wildman–Crippen LogP) is 2.53. The Balaban J connectivity index is 1.64. The van der Waals surface area contributed by atoms with Crippen molar-refractivity contribution >= 4 is 43.0 Å². The molecule has 136 valence electrons. The number of nitrogens with one attached hydrogen (secondary N) is 1. The summed E-state index contributed by atoms with van der Waals surface area (Å²) in [5, 5.41) is 0. The van der Waals surface area contributed by atoms with Crippen LogP contribution in [0.1, 0.15) is 12.8 Å². The number of hydrogen-bond acceptors (Lipinski definition) is 5. The second kappa shape index (κ2) is 7.34. The van der Waals surface area contributed by atoms with E-state index in [0.29, 0.717) is 17.2 Å². The zero-order chi connectivity index (χ0) is 18.1. The molecule has 0 spiro atoms. The molecule has 0 atom stereocenters. The van der Waals surface area contributed by atoms with E-state index in [4.69, 9.17) is 11.6 Å². The molecule has 0 saturated carbocycles. The van der Waals surface area contributed by atoms with Crippen LogP contribution in [-0.2, 0) is 20.0 Å². The lowest BCUT2D eigenvalue weighted by Gasteiger charge is -2.31. The lowest BCUT2D eigenvalue weighted by atomic mass is 10.1. The molecule has 1 N–H and O–H groups in total. The minimum atomic E-state index is -3.60. The SMILES string of the molecule is O=S(=O)(NC1CCN(S(=O)(=O)c2ccc(Cl)s2)CC1)c1ccccc1. The molecule has 1 aliphatic rings. The van der Waals surface area contributed by atoms with Crippen molar-refractivity contribution < 1.29 is 16.8 Å². The maximum Gasteiger partial charge on any atom is 0.252 e. The lowest BCUT2D eigenvalue weighted by molar-refractivity contribution is 0.309. The van der Waals surface area contributed by atoms with E-state index in [1.54, 1.807) is 24.3 Å². The maximum absolute atomic E-state index is 12.6. The van der Waals surface area contributed by atoms with Gasteiger partial charge in [-0.15, -0.1) is 11.3 Å². The first-order chi connectivity index (χ1) is 11.8. The van der Waals surface area contributed by atoms with Crippen LogP contribution in [0.2, 0.25) is 4.34 Å². The number of halogens is 1. The van der Waals surface area contributed by atoms with Crippen molar-refractivity contribution in [2.45, 2.75) is 28.0 Å². The van der Waals surface area contributed by atoms with E-state index in [0.717, 1.165) is 11.3 Å². The van der Waals surface area contributed by atoms with E-state index in [1.807, 2.05) is 0 Å². The van der Waals surface area contributed by atoms with Crippen LogP contribution in [0.25, 0.3) is 0 Å². The van der Waals surface area contributed by atoms with Gasteiger partial charge in [0, 0.05) is 19.1 Å². The standard InChI is InChI=1S/C15H17ClN2O4S3/c16-14-6-7-15(23-14)25(21,22)18-10-8-12(9-11-18)17-24(19,20)13-4-2-1-3-5-13/h1-7,12,17H,8-11H2. The van der Waals surface area contributed by atoms with Crippen LogP contribution in [0.15, 0.2) is 51.6 Å². The largest absolute Gasteiger partial charge is 0.252 e. The summed E-state index contributed by atoms with van der Waals surface area (Å²) in [5.41, 5.74) is 0. The Labute approximate surface area is 156 Å². The summed E-state index contributed by atoms with van der Waals surface area (Å²) in [5.74, 6) is 0. The fourth-order valence-corrected chi connectivity index (χ4v) is 7.10. The molecule has 0 radical (unpaired) electrons. The van der Waals surface area contributed by atoms with Crippen LogP contribution in [-0.4, -0.2) is 40.3 Å². The Morgan fingerprint density at radius 3 is 2.20 bits per heavy atom. The van der Waals surface area contributed by atoms with Gasteiger partial charge in [-0.05, 0) is 37.1 Å². The summed E-state index contributed by atoms with van der Waals surface area (Å²) in [7, 11) is -7.17. The van der Waals surface area contributed by atoms with Crippen LogP contribution in [0.5, 0.6) is 0 Å². The van der Waals surface area contributed by atoms with Crippen molar-refractivity contribution in [2.75, 3.05) is 13.1 Å². The van der Waals surface area contributed by atoms with Crippen molar-refractivity contribution in [3.05, 3.63) is 46.8 Å². The predicted molar refractivity (Wildman–Crippen MR) is 97.9 cm³/mol. The highest BCUT2D eigenvalue weighted by atomic mass is 35.5. The molecule has 2 heterocycles. The molecule has 1 aliphatic heterocycles. The normalized spacial score (nSPS) is 17.6. The Morgan fingerprint density at radius 2 is 1.64 bits per heavy atom. The number of sulfonamides is 2. The van der Waals surface area contributed by atoms with Crippen molar-refractivity contribution in [3.8, 4) is 0 Å². The molecule has 0 aliphatic carbocycles. The highest BCUT2D eigenvalue weighted by Crippen LogP contribution is 2.29. The molecule has 0 unspecified atom stereocenters. The van der Waals surface area contributed by atoms with Gasteiger partial charge in [-0.2, -0.15) is 4.31 Å². The van der Waals surface area contributed by atoms with Crippen LogP contribution in [0.3, 0.4) is 0 Å². The van der Waals surface area contributed by atoms with E-state index in [1.165, 1.54) is 22.5 Å². The Kier molecular flexibility index (Phi) is 5.52. The van der Waals surface area contributed by atoms with Crippen LogP contribution in [0, 0.1) is 0 Å². The first-order valence-corrected chi connectivity index (χ1v) is 11.7. The fraction of sp³-hybridized carbons (Fsp3) is 0.333. The van der Waals surface area contributed by atoms with Gasteiger partial charge in [-0.3, -0.25) is 0 Å². The van der Waals surface area contributed by atoms with Crippen LogP contribution < -0.4 is 4.72 Å². The van der Waals surface area contributed by atoms with Gasteiger partial charge in [0.25, 0.3) is 10.0 Å². The molecule has 1 fully saturated rings. The molecule has 1 aromatic carbocycles. The summed E-state index contributed by atoms with van der Waals surface area (Å²) in [6, 6.07) is 10.9. The molecular formula is C15H17ClN2O4S3. The highest BCUT2D eigenvalue weighted by molar-refractivity contribution is 7.91. The maximum atomic E-state index is 12.6. The van der Waals surface area contributed by atoms with Gasteiger partial charge >= 0.3 is 0 Å². The molecule has 6 nitrogen and oxygen atoms in total. The Morgan fingerprint density at radius 1 is 1.00 bits per heavy atom. The van der Waals surface area contributed by atoms with Crippen molar-refractivity contribution in [3.63, 3.8) is 0 Å². The molecule has 1 aromatic heterocycles. The Bertz CT molecular complexity index is 934. The third-order valence-corrected chi connectivity index (χ3v) is 9.11. The first-order valence-electron chi connectivity index (χ1n) is 7.62. The summed E-state index contributed by atoms with van der Waals surface area (Å²) in [6.07, 6.45) is 0.842. The number of nitrogens with zero attached hydrogens (tertiary/aromatic N) is 1. The molecule has 10 heteroatoms.